The Morgan fingerprint density at radius 3 is 2.54 bits per heavy atom. The van der Waals surface area contributed by atoms with Crippen LogP contribution in [-0.2, 0) is 19.6 Å². The van der Waals surface area contributed by atoms with Gasteiger partial charge in [-0.3, -0.25) is 4.79 Å². The molecule has 1 atom stereocenters. The zero-order chi connectivity index (χ0) is 20.0. The standard InChI is InChI=1S/C21H30N2O4S/c1-2-27-20-9-6-13-22(17-20)21(24)19-10-14-23(15-11-19)28(25,26)16-12-18-7-4-3-5-8-18/h3-5,7-8,12,16,19-20H,2,6,9-11,13-15,17H2,1H3/b16-12+. The van der Waals surface area contributed by atoms with Gasteiger partial charge in [0.2, 0.25) is 15.9 Å². The number of hydrogen-bond donors (Lipinski definition) is 0. The van der Waals surface area contributed by atoms with Gasteiger partial charge in [-0.1, -0.05) is 30.3 Å². The second-order valence-electron chi connectivity index (χ2n) is 7.44. The molecule has 1 aromatic rings. The lowest BCUT2D eigenvalue weighted by Gasteiger charge is -2.37. The van der Waals surface area contributed by atoms with Crippen molar-refractivity contribution in [2.24, 2.45) is 5.92 Å². The summed E-state index contributed by atoms with van der Waals surface area (Å²) in [5.41, 5.74) is 0.852. The second-order valence-corrected chi connectivity index (χ2v) is 9.25. The molecule has 2 saturated heterocycles. The molecule has 0 radical (unpaired) electrons. The molecule has 0 N–H and O–H groups in total. The maximum atomic E-state index is 12.9. The van der Waals surface area contributed by atoms with Crippen molar-refractivity contribution in [1.29, 1.82) is 0 Å². The molecular weight excluding hydrogens is 376 g/mol. The van der Waals surface area contributed by atoms with Crippen molar-refractivity contribution in [2.75, 3.05) is 32.8 Å². The highest BCUT2D eigenvalue weighted by molar-refractivity contribution is 7.92. The minimum atomic E-state index is -3.46. The van der Waals surface area contributed by atoms with E-state index in [2.05, 4.69) is 0 Å². The van der Waals surface area contributed by atoms with E-state index in [1.54, 1.807) is 6.08 Å². The maximum absolute atomic E-state index is 12.9. The molecule has 2 aliphatic rings. The van der Waals surface area contributed by atoms with Crippen molar-refractivity contribution < 1.29 is 17.9 Å². The van der Waals surface area contributed by atoms with Crippen LogP contribution in [0.15, 0.2) is 35.7 Å². The molecule has 0 aliphatic carbocycles. The van der Waals surface area contributed by atoms with E-state index in [0.717, 1.165) is 24.9 Å². The highest BCUT2D eigenvalue weighted by Crippen LogP contribution is 2.24. The first kappa shape index (κ1) is 21.0. The molecule has 1 amide bonds. The first-order valence-corrected chi connectivity index (χ1v) is 11.6. The molecule has 28 heavy (non-hydrogen) atoms. The SMILES string of the molecule is CCOC1CCCN(C(=O)C2CCN(S(=O)(=O)/C=C/c3ccccc3)CC2)C1. The predicted molar refractivity (Wildman–Crippen MR) is 110 cm³/mol. The zero-order valence-electron chi connectivity index (χ0n) is 16.5. The van der Waals surface area contributed by atoms with E-state index >= 15 is 0 Å². The number of hydrogen-bond acceptors (Lipinski definition) is 4. The van der Waals surface area contributed by atoms with Gasteiger partial charge in [0.1, 0.15) is 0 Å². The Morgan fingerprint density at radius 1 is 1.14 bits per heavy atom. The number of carbonyl (C=O) groups excluding carboxylic acids is 1. The molecule has 0 saturated carbocycles. The summed E-state index contributed by atoms with van der Waals surface area (Å²) < 4.78 is 32.3. The molecular formula is C21H30N2O4S. The van der Waals surface area contributed by atoms with E-state index < -0.39 is 10.0 Å². The van der Waals surface area contributed by atoms with Crippen molar-refractivity contribution in [3.05, 3.63) is 41.3 Å². The number of amides is 1. The normalized spacial score (nSPS) is 22.6. The predicted octanol–water partition coefficient (Wildman–Crippen LogP) is 2.73. The van der Waals surface area contributed by atoms with Crippen LogP contribution < -0.4 is 0 Å². The molecule has 1 aromatic carbocycles. The highest BCUT2D eigenvalue weighted by atomic mass is 32.2. The molecule has 3 rings (SSSR count). The fourth-order valence-corrected chi connectivity index (χ4v) is 5.16. The summed E-state index contributed by atoms with van der Waals surface area (Å²) in [6, 6.07) is 9.38. The van der Waals surface area contributed by atoms with Crippen LogP contribution in [-0.4, -0.2) is 62.4 Å². The summed E-state index contributed by atoms with van der Waals surface area (Å²) in [5.74, 6) is 0.0613. The Hall–Kier alpha value is -1.70. The van der Waals surface area contributed by atoms with Crippen LogP contribution in [0.1, 0.15) is 38.2 Å². The molecule has 7 heteroatoms. The van der Waals surface area contributed by atoms with Gasteiger partial charge in [-0.15, -0.1) is 0 Å². The molecule has 2 aliphatic heterocycles. The highest BCUT2D eigenvalue weighted by Gasteiger charge is 2.34. The third-order valence-electron chi connectivity index (χ3n) is 5.49. The van der Waals surface area contributed by atoms with Crippen LogP contribution in [0.2, 0.25) is 0 Å². The number of likely N-dealkylation sites (tertiary alicyclic amines) is 1. The number of ether oxygens (including phenoxy) is 1. The summed E-state index contributed by atoms with van der Waals surface area (Å²) >= 11 is 0. The summed E-state index contributed by atoms with van der Waals surface area (Å²) in [4.78, 5) is 14.8. The van der Waals surface area contributed by atoms with Gasteiger partial charge in [-0.05, 0) is 44.2 Å². The van der Waals surface area contributed by atoms with Gasteiger partial charge >= 0.3 is 0 Å². The first-order chi connectivity index (χ1) is 13.5. The minimum absolute atomic E-state index is 0.0927. The molecule has 154 valence electrons. The first-order valence-electron chi connectivity index (χ1n) is 10.1. The molecule has 2 heterocycles. The van der Waals surface area contributed by atoms with E-state index in [1.165, 1.54) is 9.71 Å². The second kappa shape index (κ2) is 9.67. The number of carbonyl (C=O) groups is 1. The quantitative estimate of drug-likeness (QED) is 0.729. The van der Waals surface area contributed by atoms with Crippen LogP contribution in [0.5, 0.6) is 0 Å². The molecule has 0 bridgehead atoms. The van der Waals surface area contributed by atoms with Gasteiger partial charge in [0.25, 0.3) is 0 Å². The van der Waals surface area contributed by atoms with Crippen LogP contribution in [0.4, 0.5) is 0 Å². The van der Waals surface area contributed by atoms with Crippen LogP contribution in [0, 0.1) is 5.92 Å². The molecule has 2 fully saturated rings. The van der Waals surface area contributed by atoms with Gasteiger partial charge in [0.05, 0.1) is 6.10 Å². The number of rotatable bonds is 6. The fraction of sp³-hybridized carbons (Fsp3) is 0.571. The molecule has 1 unspecified atom stereocenters. The topological polar surface area (TPSA) is 66.9 Å². The number of benzene rings is 1. The number of sulfonamides is 1. The lowest BCUT2D eigenvalue weighted by atomic mass is 9.95. The molecule has 0 aromatic heterocycles. The van der Waals surface area contributed by atoms with Crippen molar-refractivity contribution in [2.45, 2.75) is 38.7 Å². The summed E-state index contributed by atoms with van der Waals surface area (Å²) in [5, 5.41) is 1.27. The number of piperidine rings is 2. The van der Waals surface area contributed by atoms with E-state index in [-0.39, 0.29) is 17.9 Å². The van der Waals surface area contributed by atoms with Crippen LogP contribution in [0.3, 0.4) is 0 Å². The van der Waals surface area contributed by atoms with Gasteiger partial charge < -0.3 is 9.64 Å². The van der Waals surface area contributed by atoms with Crippen molar-refractivity contribution in [3.63, 3.8) is 0 Å². The zero-order valence-corrected chi connectivity index (χ0v) is 17.3. The maximum Gasteiger partial charge on any atom is 0.236 e. The van der Waals surface area contributed by atoms with Crippen molar-refractivity contribution >= 4 is 22.0 Å². The third kappa shape index (κ3) is 5.43. The Balaban J connectivity index is 1.53. The Kier molecular flexibility index (Phi) is 7.26. The number of nitrogens with zero attached hydrogens (tertiary/aromatic N) is 2. The Bertz CT molecular complexity index is 769. The Morgan fingerprint density at radius 2 is 1.86 bits per heavy atom. The van der Waals surface area contributed by atoms with Gasteiger partial charge in [0.15, 0.2) is 0 Å². The Labute approximate surface area is 168 Å². The summed E-state index contributed by atoms with van der Waals surface area (Å²) in [6.07, 6.45) is 4.87. The molecule has 6 nitrogen and oxygen atoms in total. The lowest BCUT2D eigenvalue weighted by molar-refractivity contribution is -0.140. The average Bonchev–Trinajstić information content (AvgIpc) is 2.73. The van der Waals surface area contributed by atoms with E-state index in [0.29, 0.717) is 39.1 Å². The fourth-order valence-electron chi connectivity index (χ4n) is 3.94. The lowest BCUT2D eigenvalue weighted by Crippen LogP contribution is -2.48. The average molecular weight is 407 g/mol. The van der Waals surface area contributed by atoms with E-state index in [9.17, 15) is 13.2 Å². The van der Waals surface area contributed by atoms with Crippen molar-refractivity contribution in [1.82, 2.24) is 9.21 Å². The van der Waals surface area contributed by atoms with Gasteiger partial charge in [-0.25, -0.2) is 8.42 Å². The monoisotopic (exact) mass is 406 g/mol. The van der Waals surface area contributed by atoms with Crippen molar-refractivity contribution in [3.8, 4) is 0 Å². The third-order valence-corrected chi connectivity index (χ3v) is 7.05. The van der Waals surface area contributed by atoms with Crippen LogP contribution in [0.25, 0.3) is 6.08 Å². The van der Waals surface area contributed by atoms with E-state index in [4.69, 9.17) is 4.74 Å². The van der Waals surface area contributed by atoms with Gasteiger partial charge in [-0.2, -0.15) is 4.31 Å². The minimum Gasteiger partial charge on any atom is -0.377 e. The van der Waals surface area contributed by atoms with Gasteiger partial charge in [0, 0.05) is 44.1 Å². The largest absolute Gasteiger partial charge is 0.377 e. The smallest absolute Gasteiger partial charge is 0.236 e. The summed E-state index contributed by atoms with van der Waals surface area (Å²) in [6.45, 7) is 4.86. The van der Waals surface area contributed by atoms with E-state index in [1.807, 2.05) is 42.2 Å². The summed E-state index contributed by atoms with van der Waals surface area (Å²) in [7, 11) is -3.46. The molecule has 0 spiro atoms. The van der Waals surface area contributed by atoms with Crippen LogP contribution >= 0.6 is 0 Å².